The van der Waals surface area contributed by atoms with Gasteiger partial charge in [0, 0.05) is 16.7 Å². The van der Waals surface area contributed by atoms with Gasteiger partial charge >= 0.3 is 5.97 Å². The summed E-state index contributed by atoms with van der Waals surface area (Å²) in [4.78, 5) is 24.6. The van der Waals surface area contributed by atoms with Crippen molar-refractivity contribution in [2.75, 3.05) is 0 Å². The third kappa shape index (κ3) is 3.39. The minimum Gasteiger partial charge on any atom is -0.480 e. The Bertz CT molecular complexity index is 509. The van der Waals surface area contributed by atoms with Crippen LogP contribution in [0.4, 0.5) is 0 Å². The summed E-state index contributed by atoms with van der Waals surface area (Å²) in [5.41, 5.74) is 1.23. The van der Waals surface area contributed by atoms with Crippen molar-refractivity contribution in [2.24, 2.45) is 11.8 Å². The Morgan fingerprint density at radius 1 is 1.50 bits per heavy atom. The molecule has 0 spiro atoms. The normalized spacial score (nSPS) is 22.6. The number of hydrogen-bond donors (Lipinski definition) is 2. The molecule has 1 aliphatic carbocycles. The molecule has 20 heavy (non-hydrogen) atoms. The average Bonchev–Trinajstić information content (AvgIpc) is 3.03. The Labute approximate surface area is 123 Å². The number of aliphatic carboxylic acids is 1. The molecule has 4 nitrogen and oxygen atoms in total. The molecule has 0 aliphatic heterocycles. The summed E-state index contributed by atoms with van der Waals surface area (Å²) in [5, 5.41) is 13.9. The maximum atomic E-state index is 12.1. The molecule has 2 unspecified atom stereocenters. The van der Waals surface area contributed by atoms with E-state index in [-0.39, 0.29) is 23.7 Å². The Morgan fingerprint density at radius 3 is 2.70 bits per heavy atom. The van der Waals surface area contributed by atoms with E-state index in [2.05, 4.69) is 18.3 Å². The van der Waals surface area contributed by atoms with E-state index in [4.69, 9.17) is 5.11 Å². The summed E-state index contributed by atoms with van der Waals surface area (Å²) in [6, 6.07) is 1.29. The minimum atomic E-state index is -0.948. The van der Waals surface area contributed by atoms with Crippen LogP contribution >= 0.6 is 11.3 Å². The molecule has 3 atom stereocenters. The molecule has 0 bridgehead atoms. The molecule has 2 N–H and O–H groups in total. The SMILES string of the molecule is Cc1ccsc1C1CC1C(=O)N[C@@H](CC(C)C)C(=O)O. The molecule has 0 radical (unpaired) electrons. The van der Waals surface area contributed by atoms with Crippen LogP contribution in [0.5, 0.6) is 0 Å². The van der Waals surface area contributed by atoms with Crippen LogP contribution in [-0.2, 0) is 9.59 Å². The maximum absolute atomic E-state index is 12.1. The monoisotopic (exact) mass is 295 g/mol. The summed E-state index contributed by atoms with van der Waals surface area (Å²) in [7, 11) is 0. The van der Waals surface area contributed by atoms with Gasteiger partial charge in [0.2, 0.25) is 5.91 Å². The lowest BCUT2D eigenvalue weighted by atomic mass is 10.0. The Kier molecular flexibility index (Phi) is 4.48. The van der Waals surface area contributed by atoms with Gasteiger partial charge in [-0.05, 0) is 42.7 Å². The molecule has 1 amide bonds. The lowest BCUT2D eigenvalue weighted by molar-refractivity contribution is -0.142. The second-order valence-corrected chi connectivity index (χ2v) is 6.89. The number of rotatable bonds is 6. The summed E-state index contributed by atoms with van der Waals surface area (Å²) >= 11 is 1.68. The molecular weight excluding hydrogens is 274 g/mol. The highest BCUT2D eigenvalue weighted by atomic mass is 32.1. The number of carbonyl (C=O) groups excluding carboxylic acids is 1. The number of aryl methyl sites for hydroxylation is 1. The van der Waals surface area contributed by atoms with Crippen molar-refractivity contribution in [3.05, 3.63) is 21.9 Å². The molecule has 1 aliphatic rings. The van der Waals surface area contributed by atoms with Gasteiger partial charge in [-0.3, -0.25) is 4.79 Å². The van der Waals surface area contributed by atoms with Crippen LogP contribution in [0.2, 0.25) is 0 Å². The molecule has 0 saturated heterocycles. The van der Waals surface area contributed by atoms with Crippen LogP contribution < -0.4 is 5.32 Å². The fraction of sp³-hybridized carbons (Fsp3) is 0.600. The summed E-state index contributed by atoms with van der Waals surface area (Å²) < 4.78 is 0. The molecule has 110 valence electrons. The van der Waals surface area contributed by atoms with Crippen molar-refractivity contribution in [2.45, 2.75) is 45.6 Å². The zero-order valence-corrected chi connectivity index (χ0v) is 12.9. The fourth-order valence-electron chi connectivity index (χ4n) is 2.51. The van der Waals surface area contributed by atoms with Crippen LogP contribution in [0, 0.1) is 18.8 Å². The molecule has 0 aromatic carbocycles. The molecule has 1 fully saturated rings. The topological polar surface area (TPSA) is 66.4 Å². The van der Waals surface area contributed by atoms with Crippen molar-refractivity contribution in [1.29, 1.82) is 0 Å². The van der Waals surface area contributed by atoms with E-state index >= 15 is 0 Å². The van der Waals surface area contributed by atoms with Gasteiger partial charge in [0.1, 0.15) is 6.04 Å². The molecule has 1 aromatic rings. The van der Waals surface area contributed by atoms with Crippen molar-refractivity contribution in [3.63, 3.8) is 0 Å². The quantitative estimate of drug-likeness (QED) is 0.848. The van der Waals surface area contributed by atoms with Crippen LogP contribution in [0.3, 0.4) is 0 Å². The number of amides is 1. The predicted molar refractivity (Wildman–Crippen MR) is 78.9 cm³/mol. The lowest BCUT2D eigenvalue weighted by Crippen LogP contribution is -2.42. The van der Waals surface area contributed by atoms with Crippen LogP contribution in [0.15, 0.2) is 11.4 Å². The Hall–Kier alpha value is -1.36. The zero-order chi connectivity index (χ0) is 14.9. The maximum Gasteiger partial charge on any atom is 0.326 e. The van der Waals surface area contributed by atoms with Gasteiger partial charge in [0.05, 0.1) is 0 Å². The summed E-state index contributed by atoms with van der Waals surface area (Å²) in [6.45, 7) is 5.96. The van der Waals surface area contributed by atoms with Crippen LogP contribution in [0.25, 0.3) is 0 Å². The number of hydrogen-bond acceptors (Lipinski definition) is 3. The van der Waals surface area contributed by atoms with Gasteiger partial charge in [-0.1, -0.05) is 13.8 Å². The van der Waals surface area contributed by atoms with Crippen molar-refractivity contribution in [3.8, 4) is 0 Å². The molecular formula is C15H21NO3S. The van der Waals surface area contributed by atoms with Gasteiger partial charge < -0.3 is 10.4 Å². The van der Waals surface area contributed by atoms with Gasteiger partial charge in [-0.15, -0.1) is 11.3 Å². The van der Waals surface area contributed by atoms with E-state index in [1.807, 2.05) is 19.2 Å². The highest BCUT2D eigenvalue weighted by Crippen LogP contribution is 2.50. The highest BCUT2D eigenvalue weighted by Gasteiger charge is 2.46. The van der Waals surface area contributed by atoms with Crippen molar-refractivity contribution >= 4 is 23.2 Å². The van der Waals surface area contributed by atoms with E-state index in [9.17, 15) is 9.59 Å². The minimum absolute atomic E-state index is 0.0543. The average molecular weight is 295 g/mol. The first-order valence-corrected chi connectivity index (χ1v) is 7.85. The summed E-state index contributed by atoms with van der Waals surface area (Å²) in [6.07, 6.45) is 1.30. The van der Waals surface area contributed by atoms with Gasteiger partial charge in [-0.2, -0.15) is 0 Å². The Balaban J connectivity index is 1.93. The van der Waals surface area contributed by atoms with E-state index < -0.39 is 12.0 Å². The number of nitrogens with one attached hydrogen (secondary N) is 1. The van der Waals surface area contributed by atoms with Gasteiger partial charge in [-0.25, -0.2) is 4.79 Å². The number of carboxylic acids is 1. The second kappa shape index (κ2) is 5.95. The largest absolute Gasteiger partial charge is 0.480 e. The molecule has 1 heterocycles. The first-order chi connectivity index (χ1) is 9.40. The smallest absolute Gasteiger partial charge is 0.326 e. The highest BCUT2D eigenvalue weighted by molar-refractivity contribution is 7.10. The molecule has 1 aromatic heterocycles. The number of carboxylic acid groups (broad SMARTS) is 1. The van der Waals surface area contributed by atoms with Crippen molar-refractivity contribution < 1.29 is 14.7 Å². The van der Waals surface area contributed by atoms with Crippen LogP contribution in [-0.4, -0.2) is 23.0 Å². The standard InChI is InChI=1S/C15H21NO3S/c1-8(2)6-12(15(18)19)16-14(17)11-7-10(11)13-9(3)4-5-20-13/h4-5,8,10-12H,6-7H2,1-3H3,(H,16,17)(H,18,19)/t10?,11?,12-/m0/s1. The van der Waals surface area contributed by atoms with Crippen molar-refractivity contribution in [1.82, 2.24) is 5.32 Å². The number of thiophene rings is 1. The molecule has 5 heteroatoms. The van der Waals surface area contributed by atoms with E-state index in [0.717, 1.165) is 6.42 Å². The van der Waals surface area contributed by atoms with E-state index in [1.54, 1.807) is 11.3 Å². The van der Waals surface area contributed by atoms with Gasteiger partial charge in [0.25, 0.3) is 0 Å². The van der Waals surface area contributed by atoms with E-state index in [1.165, 1.54) is 10.4 Å². The first-order valence-electron chi connectivity index (χ1n) is 6.97. The summed E-state index contributed by atoms with van der Waals surface area (Å²) in [5.74, 6) is -0.594. The zero-order valence-electron chi connectivity index (χ0n) is 12.1. The molecule has 1 saturated carbocycles. The molecule has 2 rings (SSSR count). The number of carbonyl (C=O) groups is 2. The third-order valence-electron chi connectivity index (χ3n) is 3.69. The Morgan fingerprint density at radius 2 is 2.20 bits per heavy atom. The predicted octanol–water partition coefficient (Wildman–Crippen LogP) is 2.78. The lowest BCUT2D eigenvalue weighted by Gasteiger charge is -2.16. The second-order valence-electron chi connectivity index (χ2n) is 5.95. The van der Waals surface area contributed by atoms with E-state index in [0.29, 0.717) is 6.42 Å². The van der Waals surface area contributed by atoms with Crippen LogP contribution in [0.1, 0.15) is 43.0 Å². The first kappa shape index (κ1) is 15.0. The third-order valence-corrected chi connectivity index (χ3v) is 4.84. The van der Waals surface area contributed by atoms with Gasteiger partial charge in [0.15, 0.2) is 0 Å². The fourth-order valence-corrected chi connectivity index (χ4v) is 3.62.